The van der Waals surface area contributed by atoms with E-state index >= 15 is 0 Å². The maximum absolute atomic E-state index is 5.85. The molecule has 1 saturated heterocycles. The van der Waals surface area contributed by atoms with Gasteiger partial charge in [-0.3, -0.25) is 0 Å². The molecule has 1 aliphatic heterocycles. The van der Waals surface area contributed by atoms with Crippen molar-refractivity contribution in [1.29, 1.82) is 0 Å². The van der Waals surface area contributed by atoms with Crippen molar-refractivity contribution in [2.75, 3.05) is 18.8 Å². The van der Waals surface area contributed by atoms with Gasteiger partial charge in [0.25, 0.3) is 0 Å². The van der Waals surface area contributed by atoms with Crippen LogP contribution < -0.4 is 11.1 Å². The second kappa shape index (κ2) is 3.75. The zero-order valence-corrected chi connectivity index (χ0v) is 9.06. The molecule has 5 heteroatoms. The van der Waals surface area contributed by atoms with Crippen LogP contribution in [0, 0.1) is 0 Å². The van der Waals surface area contributed by atoms with E-state index in [4.69, 9.17) is 5.73 Å². The van der Waals surface area contributed by atoms with Crippen LogP contribution in [0.4, 0.5) is 5.82 Å². The van der Waals surface area contributed by atoms with Crippen LogP contribution in [0.3, 0.4) is 0 Å². The van der Waals surface area contributed by atoms with Gasteiger partial charge in [-0.2, -0.15) is 9.61 Å². The molecular weight excluding hydrogens is 202 g/mol. The second-order valence-corrected chi connectivity index (χ2v) is 4.23. The summed E-state index contributed by atoms with van der Waals surface area (Å²) in [6.07, 6.45) is 5.96. The molecule has 3 heterocycles. The lowest BCUT2D eigenvalue weighted by atomic mass is 9.92. The highest BCUT2D eigenvalue weighted by molar-refractivity contribution is 5.52. The Labute approximate surface area is 93.7 Å². The summed E-state index contributed by atoms with van der Waals surface area (Å²) in [6, 6.07) is 1.77. The molecule has 3 rings (SSSR count). The van der Waals surface area contributed by atoms with Crippen LogP contribution >= 0.6 is 0 Å². The zero-order chi connectivity index (χ0) is 11.0. The molecule has 0 amide bonds. The number of nitrogen functional groups attached to an aromatic ring is 1. The van der Waals surface area contributed by atoms with E-state index in [1.165, 1.54) is 5.56 Å². The summed E-state index contributed by atoms with van der Waals surface area (Å²) in [5.74, 6) is 1.21. The molecule has 2 aromatic rings. The Hall–Kier alpha value is -1.62. The van der Waals surface area contributed by atoms with Gasteiger partial charge in [-0.25, -0.2) is 4.98 Å². The first-order chi connectivity index (χ1) is 7.86. The predicted molar refractivity (Wildman–Crippen MR) is 62.2 cm³/mol. The molecule has 84 valence electrons. The summed E-state index contributed by atoms with van der Waals surface area (Å²) in [7, 11) is 0. The molecule has 0 spiro atoms. The lowest BCUT2D eigenvalue weighted by Crippen LogP contribution is -2.26. The molecular formula is C11H15N5. The molecule has 16 heavy (non-hydrogen) atoms. The molecule has 1 fully saturated rings. The van der Waals surface area contributed by atoms with E-state index in [2.05, 4.69) is 15.4 Å². The predicted octanol–water partition coefficient (Wildman–Crippen LogP) is 0.778. The molecule has 5 nitrogen and oxygen atoms in total. The lowest BCUT2D eigenvalue weighted by Gasteiger charge is -2.21. The van der Waals surface area contributed by atoms with Gasteiger partial charge in [-0.05, 0) is 37.9 Å². The van der Waals surface area contributed by atoms with Crippen molar-refractivity contribution >= 4 is 11.5 Å². The van der Waals surface area contributed by atoms with Crippen molar-refractivity contribution < 1.29 is 0 Å². The van der Waals surface area contributed by atoms with E-state index < -0.39 is 0 Å². The Morgan fingerprint density at radius 2 is 2.19 bits per heavy atom. The number of aromatic nitrogens is 3. The summed E-state index contributed by atoms with van der Waals surface area (Å²) in [4.78, 5) is 4.38. The van der Waals surface area contributed by atoms with Crippen molar-refractivity contribution in [3.8, 4) is 0 Å². The van der Waals surface area contributed by atoms with E-state index in [-0.39, 0.29) is 0 Å². The number of rotatable bonds is 1. The zero-order valence-electron chi connectivity index (χ0n) is 9.06. The van der Waals surface area contributed by atoms with Gasteiger partial charge in [0.15, 0.2) is 5.65 Å². The first-order valence-electron chi connectivity index (χ1n) is 5.65. The number of hydrogen-bond donors (Lipinski definition) is 2. The average molecular weight is 217 g/mol. The van der Waals surface area contributed by atoms with E-state index in [1.807, 2.05) is 6.20 Å². The molecule has 0 radical (unpaired) electrons. The molecule has 0 aliphatic carbocycles. The van der Waals surface area contributed by atoms with Crippen LogP contribution in [0.15, 0.2) is 18.5 Å². The molecule has 0 unspecified atom stereocenters. The van der Waals surface area contributed by atoms with Crippen LogP contribution in [0.2, 0.25) is 0 Å². The third-order valence-corrected chi connectivity index (χ3v) is 3.24. The van der Waals surface area contributed by atoms with Crippen molar-refractivity contribution in [1.82, 2.24) is 19.9 Å². The number of fused-ring (bicyclic) bond motifs is 1. The van der Waals surface area contributed by atoms with Crippen LogP contribution in [0.5, 0.6) is 0 Å². The van der Waals surface area contributed by atoms with Gasteiger partial charge in [0.05, 0.1) is 6.20 Å². The van der Waals surface area contributed by atoms with Crippen LogP contribution in [-0.2, 0) is 0 Å². The minimum absolute atomic E-state index is 0.563. The smallest absolute Gasteiger partial charge is 0.160 e. The molecule has 0 saturated carbocycles. The maximum Gasteiger partial charge on any atom is 0.160 e. The number of piperidine rings is 1. The number of hydrogen-bond acceptors (Lipinski definition) is 4. The fourth-order valence-electron chi connectivity index (χ4n) is 2.35. The second-order valence-electron chi connectivity index (χ2n) is 4.23. The van der Waals surface area contributed by atoms with E-state index in [9.17, 15) is 0 Å². The SMILES string of the molecule is Nc1ccnc2c(C3CCNCC3)cnn12. The fourth-order valence-corrected chi connectivity index (χ4v) is 2.35. The number of nitrogens with zero attached hydrogens (tertiary/aromatic N) is 3. The van der Waals surface area contributed by atoms with Crippen molar-refractivity contribution in [3.05, 3.63) is 24.0 Å². The fraction of sp³-hybridized carbons (Fsp3) is 0.455. The third kappa shape index (κ3) is 1.44. The first-order valence-corrected chi connectivity index (χ1v) is 5.65. The van der Waals surface area contributed by atoms with Crippen molar-refractivity contribution in [3.63, 3.8) is 0 Å². The highest BCUT2D eigenvalue weighted by atomic mass is 15.3. The Kier molecular flexibility index (Phi) is 2.25. The third-order valence-electron chi connectivity index (χ3n) is 3.24. The molecule has 2 aromatic heterocycles. The topological polar surface area (TPSA) is 68.2 Å². The Balaban J connectivity index is 2.06. The molecule has 1 aliphatic rings. The summed E-state index contributed by atoms with van der Waals surface area (Å²) >= 11 is 0. The van der Waals surface area contributed by atoms with Crippen molar-refractivity contribution in [2.45, 2.75) is 18.8 Å². The van der Waals surface area contributed by atoms with Gasteiger partial charge in [-0.1, -0.05) is 0 Å². The Morgan fingerprint density at radius 1 is 1.38 bits per heavy atom. The van der Waals surface area contributed by atoms with Gasteiger partial charge >= 0.3 is 0 Å². The highest BCUT2D eigenvalue weighted by Crippen LogP contribution is 2.28. The standard InChI is InChI=1S/C11H15N5/c12-10-3-6-14-11-9(7-15-16(10)11)8-1-4-13-5-2-8/h3,6-8,13H,1-2,4-5,12H2. The van der Waals surface area contributed by atoms with Gasteiger partial charge in [-0.15, -0.1) is 0 Å². The Morgan fingerprint density at radius 3 is 3.00 bits per heavy atom. The number of anilines is 1. The van der Waals surface area contributed by atoms with Crippen molar-refractivity contribution in [2.24, 2.45) is 0 Å². The van der Waals surface area contributed by atoms with E-state index in [1.54, 1.807) is 16.8 Å². The molecule has 3 N–H and O–H groups in total. The van der Waals surface area contributed by atoms with Gasteiger partial charge in [0.1, 0.15) is 5.82 Å². The molecule has 0 bridgehead atoms. The van der Waals surface area contributed by atoms with Crippen LogP contribution in [0.25, 0.3) is 5.65 Å². The number of nitrogens with two attached hydrogens (primary N) is 1. The summed E-state index contributed by atoms with van der Waals surface area (Å²) in [5, 5.41) is 7.67. The van der Waals surface area contributed by atoms with Crippen LogP contribution in [-0.4, -0.2) is 27.7 Å². The minimum atomic E-state index is 0.563. The highest BCUT2D eigenvalue weighted by Gasteiger charge is 2.20. The van der Waals surface area contributed by atoms with Gasteiger partial charge in [0.2, 0.25) is 0 Å². The monoisotopic (exact) mass is 217 g/mol. The van der Waals surface area contributed by atoms with Crippen LogP contribution in [0.1, 0.15) is 24.3 Å². The quantitative estimate of drug-likeness (QED) is 0.740. The first kappa shape index (κ1) is 9.59. The maximum atomic E-state index is 5.85. The molecule has 0 aromatic carbocycles. The number of nitrogens with one attached hydrogen (secondary N) is 1. The largest absolute Gasteiger partial charge is 0.384 e. The minimum Gasteiger partial charge on any atom is -0.384 e. The normalized spacial score (nSPS) is 18.0. The summed E-state index contributed by atoms with van der Waals surface area (Å²) < 4.78 is 1.72. The lowest BCUT2D eigenvalue weighted by molar-refractivity contribution is 0.462. The van der Waals surface area contributed by atoms with Gasteiger partial charge in [0, 0.05) is 11.8 Å². The van der Waals surface area contributed by atoms with E-state index in [0.717, 1.165) is 31.6 Å². The summed E-state index contributed by atoms with van der Waals surface area (Å²) in [6.45, 7) is 2.15. The average Bonchev–Trinajstić information content (AvgIpc) is 2.75. The van der Waals surface area contributed by atoms with E-state index in [0.29, 0.717) is 11.7 Å². The molecule has 0 atom stereocenters. The Bertz CT molecular complexity index is 498. The summed E-state index contributed by atoms with van der Waals surface area (Å²) in [5.41, 5.74) is 7.99. The van der Waals surface area contributed by atoms with Gasteiger partial charge < -0.3 is 11.1 Å².